The molecule has 1 heterocycles. The van der Waals surface area contributed by atoms with Gasteiger partial charge in [-0.05, 0) is 24.6 Å². The fourth-order valence-corrected chi connectivity index (χ4v) is 3.37. The average Bonchev–Trinajstić information content (AvgIpc) is 2.59. The molecular formula is C20H25N3+2. The van der Waals surface area contributed by atoms with Crippen molar-refractivity contribution in [3.63, 3.8) is 0 Å². The van der Waals surface area contributed by atoms with Crippen LogP contribution in [-0.4, -0.2) is 26.2 Å². The molecule has 0 unspecified atom stereocenters. The molecule has 3 heteroatoms. The van der Waals surface area contributed by atoms with Gasteiger partial charge in [0.25, 0.3) is 0 Å². The highest BCUT2D eigenvalue weighted by Gasteiger charge is 2.23. The summed E-state index contributed by atoms with van der Waals surface area (Å²) in [5, 5.41) is 8.86. The molecule has 0 aromatic heterocycles. The van der Waals surface area contributed by atoms with Crippen molar-refractivity contribution in [3.8, 4) is 6.07 Å². The molecule has 1 saturated heterocycles. The van der Waals surface area contributed by atoms with Crippen LogP contribution in [-0.2, 0) is 13.1 Å². The van der Waals surface area contributed by atoms with Crippen LogP contribution in [0.1, 0.15) is 22.3 Å². The van der Waals surface area contributed by atoms with Crippen molar-refractivity contribution in [2.75, 3.05) is 26.2 Å². The molecule has 0 spiro atoms. The molecule has 2 N–H and O–H groups in total. The summed E-state index contributed by atoms with van der Waals surface area (Å²) in [7, 11) is 0. The van der Waals surface area contributed by atoms with E-state index in [1.165, 1.54) is 42.9 Å². The summed E-state index contributed by atoms with van der Waals surface area (Å²) in [6.07, 6.45) is 0. The van der Waals surface area contributed by atoms with Gasteiger partial charge in [0.1, 0.15) is 39.3 Å². The molecule has 0 radical (unpaired) electrons. The third-order valence-corrected chi connectivity index (χ3v) is 4.90. The molecule has 1 aliphatic rings. The van der Waals surface area contributed by atoms with Crippen molar-refractivity contribution < 1.29 is 9.80 Å². The third kappa shape index (κ3) is 4.19. The Labute approximate surface area is 138 Å². The monoisotopic (exact) mass is 307 g/mol. The minimum Gasteiger partial charge on any atom is -0.322 e. The molecule has 0 amide bonds. The van der Waals surface area contributed by atoms with Gasteiger partial charge in [-0.1, -0.05) is 36.4 Å². The first-order valence-corrected chi connectivity index (χ1v) is 8.45. The van der Waals surface area contributed by atoms with E-state index in [9.17, 15) is 0 Å². The molecule has 23 heavy (non-hydrogen) atoms. The SMILES string of the molecule is Cc1ccccc1C[NH+]1CC[NH+](Cc2ccc(C#N)cc2)CC1. The molecule has 0 atom stereocenters. The highest BCUT2D eigenvalue weighted by Crippen LogP contribution is 2.05. The van der Waals surface area contributed by atoms with Crippen LogP contribution in [0.5, 0.6) is 0 Å². The number of nitrogens with one attached hydrogen (secondary N) is 2. The number of aryl methyl sites for hydroxylation is 1. The van der Waals surface area contributed by atoms with Crippen molar-refractivity contribution in [2.24, 2.45) is 0 Å². The summed E-state index contributed by atoms with van der Waals surface area (Å²) in [5.74, 6) is 0. The molecule has 2 aromatic carbocycles. The van der Waals surface area contributed by atoms with Crippen molar-refractivity contribution in [3.05, 3.63) is 70.8 Å². The van der Waals surface area contributed by atoms with Gasteiger partial charge in [-0.15, -0.1) is 0 Å². The van der Waals surface area contributed by atoms with Crippen LogP contribution >= 0.6 is 0 Å². The summed E-state index contributed by atoms with van der Waals surface area (Å²) in [6, 6.07) is 19.0. The molecule has 0 saturated carbocycles. The van der Waals surface area contributed by atoms with Crippen LogP contribution in [0.25, 0.3) is 0 Å². The maximum absolute atomic E-state index is 8.86. The van der Waals surface area contributed by atoms with Crippen LogP contribution in [0, 0.1) is 18.3 Å². The molecule has 118 valence electrons. The zero-order valence-electron chi connectivity index (χ0n) is 13.8. The maximum atomic E-state index is 8.86. The fourth-order valence-electron chi connectivity index (χ4n) is 3.37. The summed E-state index contributed by atoms with van der Waals surface area (Å²) in [5.41, 5.74) is 4.97. The fraction of sp³-hybridized carbons (Fsp3) is 0.350. The largest absolute Gasteiger partial charge is 0.322 e. The number of piperazine rings is 1. The lowest BCUT2D eigenvalue weighted by Gasteiger charge is -2.30. The maximum Gasteiger partial charge on any atom is 0.127 e. The normalized spacial score (nSPS) is 20.9. The Bertz CT molecular complexity index is 677. The van der Waals surface area contributed by atoms with E-state index in [4.69, 9.17) is 5.26 Å². The van der Waals surface area contributed by atoms with Gasteiger partial charge in [0.05, 0.1) is 11.6 Å². The van der Waals surface area contributed by atoms with Crippen LogP contribution in [0.2, 0.25) is 0 Å². The second-order valence-corrected chi connectivity index (χ2v) is 6.59. The predicted molar refractivity (Wildman–Crippen MR) is 91.1 cm³/mol. The van der Waals surface area contributed by atoms with E-state index in [0.717, 1.165) is 18.7 Å². The number of hydrogen-bond acceptors (Lipinski definition) is 1. The van der Waals surface area contributed by atoms with Crippen molar-refractivity contribution in [1.82, 2.24) is 0 Å². The van der Waals surface area contributed by atoms with Crippen LogP contribution in [0.3, 0.4) is 0 Å². The Kier molecular flexibility index (Phi) is 5.07. The van der Waals surface area contributed by atoms with Crippen molar-refractivity contribution in [1.29, 1.82) is 5.26 Å². The van der Waals surface area contributed by atoms with E-state index in [1.807, 2.05) is 12.1 Å². The molecule has 1 fully saturated rings. The van der Waals surface area contributed by atoms with E-state index >= 15 is 0 Å². The third-order valence-electron chi connectivity index (χ3n) is 4.90. The second-order valence-electron chi connectivity index (χ2n) is 6.59. The molecule has 2 aromatic rings. The molecule has 0 bridgehead atoms. The van der Waals surface area contributed by atoms with Crippen LogP contribution in [0.15, 0.2) is 48.5 Å². The Morgan fingerprint density at radius 3 is 2.09 bits per heavy atom. The Morgan fingerprint density at radius 2 is 1.48 bits per heavy atom. The number of hydrogen-bond donors (Lipinski definition) is 2. The summed E-state index contributed by atoms with van der Waals surface area (Å²) < 4.78 is 0. The molecule has 3 nitrogen and oxygen atoms in total. The van der Waals surface area contributed by atoms with Gasteiger partial charge in [-0.2, -0.15) is 5.26 Å². The minimum absolute atomic E-state index is 0.747. The highest BCUT2D eigenvalue weighted by atomic mass is 15.3. The zero-order valence-corrected chi connectivity index (χ0v) is 13.8. The summed E-state index contributed by atoms with van der Waals surface area (Å²) in [4.78, 5) is 3.35. The lowest BCUT2D eigenvalue weighted by Crippen LogP contribution is -3.27. The molecule has 0 aliphatic carbocycles. The Hall–Kier alpha value is -2.15. The Morgan fingerprint density at radius 1 is 0.870 bits per heavy atom. The zero-order chi connectivity index (χ0) is 16.1. The minimum atomic E-state index is 0.747. The number of benzene rings is 2. The summed E-state index contributed by atoms with van der Waals surface area (Å²) >= 11 is 0. The van der Waals surface area contributed by atoms with Crippen LogP contribution < -0.4 is 9.80 Å². The van der Waals surface area contributed by atoms with Gasteiger partial charge >= 0.3 is 0 Å². The van der Waals surface area contributed by atoms with E-state index in [-0.39, 0.29) is 0 Å². The van der Waals surface area contributed by atoms with Crippen LogP contribution in [0.4, 0.5) is 0 Å². The van der Waals surface area contributed by atoms with E-state index < -0.39 is 0 Å². The smallest absolute Gasteiger partial charge is 0.127 e. The van der Waals surface area contributed by atoms with Gasteiger partial charge in [-0.3, -0.25) is 0 Å². The molecule has 1 aliphatic heterocycles. The second kappa shape index (κ2) is 7.41. The van der Waals surface area contributed by atoms with Crippen molar-refractivity contribution in [2.45, 2.75) is 20.0 Å². The Balaban J connectivity index is 1.50. The van der Waals surface area contributed by atoms with Gasteiger partial charge in [0.2, 0.25) is 0 Å². The number of rotatable bonds is 4. The first-order chi connectivity index (χ1) is 11.2. The lowest BCUT2D eigenvalue weighted by atomic mass is 10.1. The number of quaternary nitrogens is 2. The summed E-state index contributed by atoms with van der Waals surface area (Å²) in [6.45, 7) is 9.35. The first kappa shape index (κ1) is 15.7. The van der Waals surface area contributed by atoms with E-state index in [1.54, 1.807) is 9.80 Å². The first-order valence-electron chi connectivity index (χ1n) is 8.45. The average molecular weight is 307 g/mol. The molecular weight excluding hydrogens is 282 g/mol. The highest BCUT2D eigenvalue weighted by molar-refractivity contribution is 5.31. The van der Waals surface area contributed by atoms with Crippen molar-refractivity contribution >= 4 is 0 Å². The molecule has 3 rings (SSSR count). The van der Waals surface area contributed by atoms with Gasteiger partial charge in [-0.25, -0.2) is 0 Å². The standard InChI is InChI=1S/C20H23N3/c1-17-4-2-3-5-20(17)16-23-12-10-22(11-13-23)15-19-8-6-18(14-21)7-9-19/h2-9H,10-13,15-16H2,1H3/p+2. The number of nitrogens with zero attached hydrogens (tertiary/aromatic N) is 1. The van der Waals surface area contributed by atoms with Gasteiger partial charge in [0, 0.05) is 11.1 Å². The topological polar surface area (TPSA) is 32.7 Å². The van der Waals surface area contributed by atoms with E-state index in [0.29, 0.717) is 0 Å². The quantitative estimate of drug-likeness (QED) is 0.839. The van der Waals surface area contributed by atoms with E-state index in [2.05, 4.69) is 49.4 Å². The number of nitriles is 1. The predicted octanol–water partition coefficient (Wildman–Crippen LogP) is 0.350. The van der Waals surface area contributed by atoms with Gasteiger partial charge in [0.15, 0.2) is 0 Å². The van der Waals surface area contributed by atoms with Gasteiger partial charge < -0.3 is 9.80 Å². The lowest BCUT2D eigenvalue weighted by molar-refractivity contribution is -1.02.